The Hall–Kier alpha value is -1.22. The van der Waals surface area contributed by atoms with Gasteiger partial charge in [-0.3, -0.25) is 0 Å². The molecule has 4 rings (SSSR count). The summed E-state index contributed by atoms with van der Waals surface area (Å²) < 4.78 is 11.6. The molecule has 1 saturated carbocycles. The molecule has 3 unspecified atom stereocenters. The maximum absolute atomic E-state index is 6.26. The number of benzene rings is 1. The van der Waals surface area contributed by atoms with Gasteiger partial charge in [0.05, 0.1) is 7.11 Å². The summed E-state index contributed by atoms with van der Waals surface area (Å²) in [6, 6.07) is 4.42. The first-order valence-corrected chi connectivity index (χ1v) is 6.91. The predicted molar refractivity (Wildman–Crippen MR) is 69.2 cm³/mol. The lowest BCUT2D eigenvalue weighted by molar-refractivity contribution is 0.0974. The van der Waals surface area contributed by atoms with Crippen LogP contribution in [0, 0.1) is 5.92 Å². The highest BCUT2D eigenvalue weighted by Gasteiger charge is 2.49. The van der Waals surface area contributed by atoms with Gasteiger partial charge in [0.1, 0.15) is 6.10 Å². The van der Waals surface area contributed by atoms with E-state index in [-0.39, 0.29) is 12.1 Å². The summed E-state index contributed by atoms with van der Waals surface area (Å²) in [7, 11) is 1.71. The van der Waals surface area contributed by atoms with Gasteiger partial charge in [0, 0.05) is 17.5 Å². The third-order valence-corrected chi connectivity index (χ3v) is 5.00. The van der Waals surface area contributed by atoms with Crippen molar-refractivity contribution < 1.29 is 9.47 Å². The van der Waals surface area contributed by atoms with Gasteiger partial charge < -0.3 is 15.2 Å². The second-order valence-electron chi connectivity index (χ2n) is 5.82. The fourth-order valence-electron chi connectivity index (χ4n) is 4.13. The molecule has 3 aliphatic rings. The van der Waals surface area contributed by atoms with E-state index in [2.05, 4.69) is 6.07 Å². The standard InChI is InChI=1S/C15H19NO2/c1-17-11-7-5-9-3-2-8-4-6-10(16)14-12(8)13(9)15(11)18-14/h5,7-8,10,12,14H,2-4,6,16H2,1H3/t8?,10?,12?,14-/m1/s1. The Labute approximate surface area is 107 Å². The van der Waals surface area contributed by atoms with Crippen molar-refractivity contribution >= 4 is 0 Å². The van der Waals surface area contributed by atoms with Crippen LogP contribution < -0.4 is 15.2 Å². The fraction of sp³-hybridized carbons (Fsp3) is 0.600. The maximum atomic E-state index is 6.26. The summed E-state index contributed by atoms with van der Waals surface area (Å²) in [6.07, 6.45) is 4.99. The Morgan fingerprint density at radius 1 is 1.28 bits per heavy atom. The molecule has 96 valence electrons. The number of ether oxygens (including phenoxy) is 2. The number of hydrogen-bond donors (Lipinski definition) is 1. The van der Waals surface area contributed by atoms with Crippen molar-refractivity contribution in [2.75, 3.05) is 7.11 Å². The zero-order chi connectivity index (χ0) is 12.3. The van der Waals surface area contributed by atoms with Gasteiger partial charge in [-0.25, -0.2) is 0 Å². The Morgan fingerprint density at radius 2 is 2.17 bits per heavy atom. The summed E-state index contributed by atoms with van der Waals surface area (Å²) in [4.78, 5) is 0. The zero-order valence-corrected chi connectivity index (χ0v) is 10.7. The minimum Gasteiger partial charge on any atom is -0.493 e. The quantitative estimate of drug-likeness (QED) is 0.825. The van der Waals surface area contributed by atoms with Gasteiger partial charge in [0.25, 0.3) is 0 Å². The molecule has 0 amide bonds. The largest absolute Gasteiger partial charge is 0.493 e. The average molecular weight is 245 g/mol. The van der Waals surface area contributed by atoms with Crippen LogP contribution in [-0.4, -0.2) is 19.3 Å². The predicted octanol–water partition coefficient (Wildman–Crippen LogP) is 2.22. The monoisotopic (exact) mass is 245 g/mol. The molecule has 1 aromatic rings. The van der Waals surface area contributed by atoms with E-state index in [0.717, 1.165) is 23.8 Å². The number of methoxy groups -OCH3 is 1. The SMILES string of the molecule is COc1ccc2c3c1O[C@@H]1C(N)CCC(CC2)C31. The van der Waals surface area contributed by atoms with Crippen LogP contribution in [0.3, 0.4) is 0 Å². The molecule has 1 aliphatic heterocycles. The molecule has 1 aromatic carbocycles. The van der Waals surface area contributed by atoms with Crippen molar-refractivity contribution in [2.24, 2.45) is 11.7 Å². The Morgan fingerprint density at radius 3 is 3.00 bits per heavy atom. The van der Waals surface area contributed by atoms with Gasteiger partial charge in [0.2, 0.25) is 0 Å². The second-order valence-corrected chi connectivity index (χ2v) is 5.82. The van der Waals surface area contributed by atoms with Crippen LogP contribution in [0.15, 0.2) is 12.1 Å². The highest BCUT2D eigenvalue weighted by molar-refractivity contribution is 5.57. The first-order chi connectivity index (χ1) is 8.79. The van der Waals surface area contributed by atoms with Gasteiger partial charge in [-0.1, -0.05) is 6.07 Å². The molecule has 2 aliphatic carbocycles. The fourth-order valence-corrected chi connectivity index (χ4v) is 4.13. The highest BCUT2D eigenvalue weighted by Crippen LogP contribution is 2.56. The van der Waals surface area contributed by atoms with Gasteiger partial charge >= 0.3 is 0 Å². The average Bonchev–Trinajstić information content (AvgIpc) is 2.81. The van der Waals surface area contributed by atoms with Gasteiger partial charge in [-0.15, -0.1) is 0 Å². The van der Waals surface area contributed by atoms with Crippen molar-refractivity contribution in [3.05, 3.63) is 23.3 Å². The van der Waals surface area contributed by atoms with E-state index in [4.69, 9.17) is 15.2 Å². The summed E-state index contributed by atoms with van der Waals surface area (Å²) in [5.74, 6) is 3.13. The van der Waals surface area contributed by atoms with E-state index in [0.29, 0.717) is 5.92 Å². The topological polar surface area (TPSA) is 44.5 Å². The molecule has 0 bridgehead atoms. The minimum atomic E-state index is 0.175. The van der Waals surface area contributed by atoms with Crippen LogP contribution in [0.1, 0.15) is 36.3 Å². The molecule has 4 atom stereocenters. The van der Waals surface area contributed by atoms with Crippen LogP contribution in [-0.2, 0) is 6.42 Å². The van der Waals surface area contributed by atoms with Crippen LogP contribution in [0.4, 0.5) is 0 Å². The lowest BCUT2D eigenvalue weighted by Crippen LogP contribution is -2.47. The van der Waals surface area contributed by atoms with E-state index in [1.807, 2.05) is 6.07 Å². The molecular formula is C15H19NO2. The van der Waals surface area contributed by atoms with E-state index in [1.54, 1.807) is 7.11 Å². The third kappa shape index (κ3) is 1.23. The molecule has 0 radical (unpaired) electrons. The second kappa shape index (κ2) is 3.64. The van der Waals surface area contributed by atoms with Crippen molar-refractivity contribution in [3.8, 4) is 11.5 Å². The Kier molecular flexibility index (Phi) is 2.16. The molecule has 3 nitrogen and oxygen atoms in total. The first kappa shape index (κ1) is 10.7. The number of nitrogens with two attached hydrogens (primary N) is 1. The van der Waals surface area contributed by atoms with Crippen molar-refractivity contribution in [1.29, 1.82) is 0 Å². The molecule has 3 heteroatoms. The molecule has 2 N–H and O–H groups in total. The van der Waals surface area contributed by atoms with Crippen LogP contribution in [0.25, 0.3) is 0 Å². The molecule has 0 aromatic heterocycles. The molecular weight excluding hydrogens is 226 g/mol. The normalized spacial score (nSPS) is 35.9. The van der Waals surface area contributed by atoms with Crippen LogP contribution >= 0.6 is 0 Å². The van der Waals surface area contributed by atoms with Crippen molar-refractivity contribution in [3.63, 3.8) is 0 Å². The molecule has 0 spiro atoms. The zero-order valence-electron chi connectivity index (χ0n) is 10.7. The van der Waals surface area contributed by atoms with Crippen LogP contribution in [0.5, 0.6) is 11.5 Å². The van der Waals surface area contributed by atoms with E-state index in [1.165, 1.54) is 30.4 Å². The summed E-state index contributed by atoms with van der Waals surface area (Å²) in [5, 5.41) is 0. The molecule has 0 saturated heterocycles. The van der Waals surface area contributed by atoms with E-state index >= 15 is 0 Å². The van der Waals surface area contributed by atoms with Gasteiger partial charge in [-0.2, -0.15) is 0 Å². The van der Waals surface area contributed by atoms with Crippen LogP contribution in [0.2, 0.25) is 0 Å². The summed E-state index contributed by atoms with van der Waals surface area (Å²) >= 11 is 0. The maximum Gasteiger partial charge on any atom is 0.165 e. The number of rotatable bonds is 1. The van der Waals surface area contributed by atoms with Crippen molar-refractivity contribution in [2.45, 2.75) is 43.7 Å². The summed E-state index contributed by atoms with van der Waals surface area (Å²) in [5.41, 5.74) is 9.12. The van der Waals surface area contributed by atoms with Gasteiger partial charge in [0.15, 0.2) is 11.5 Å². The first-order valence-electron chi connectivity index (χ1n) is 6.91. The summed E-state index contributed by atoms with van der Waals surface area (Å²) in [6.45, 7) is 0. The number of hydrogen-bond acceptors (Lipinski definition) is 3. The Balaban J connectivity index is 1.90. The minimum absolute atomic E-state index is 0.175. The van der Waals surface area contributed by atoms with Crippen molar-refractivity contribution in [1.82, 2.24) is 0 Å². The lowest BCUT2D eigenvalue weighted by Gasteiger charge is -2.39. The molecule has 1 fully saturated rings. The van der Waals surface area contributed by atoms with E-state index in [9.17, 15) is 0 Å². The highest BCUT2D eigenvalue weighted by atomic mass is 16.5. The Bertz CT molecular complexity index is 500. The molecule has 1 heterocycles. The number of aryl methyl sites for hydroxylation is 1. The van der Waals surface area contributed by atoms with Gasteiger partial charge in [-0.05, 0) is 43.2 Å². The van der Waals surface area contributed by atoms with E-state index < -0.39 is 0 Å². The lowest BCUT2D eigenvalue weighted by atomic mass is 9.66. The molecule has 18 heavy (non-hydrogen) atoms. The third-order valence-electron chi connectivity index (χ3n) is 5.00. The smallest absolute Gasteiger partial charge is 0.165 e.